The second-order valence-corrected chi connectivity index (χ2v) is 8.73. The molecule has 6 nitrogen and oxygen atoms in total. The summed E-state index contributed by atoms with van der Waals surface area (Å²) in [6, 6.07) is 15.2. The Hall–Kier alpha value is -2.77. The number of ether oxygens (including phenoxy) is 1. The number of anilines is 1. The third-order valence-corrected chi connectivity index (χ3v) is 6.60. The number of carboxylic acids is 1. The number of aromatic carboxylic acids is 1. The molecule has 1 fully saturated rings. The van der Waals surface area contributed by atoms with E-state index in [9.17, 15) is 4.79 Å². The maximum Gasteiger partial charge on any atom is 0.335 e. The Bertz CT molecular complexity index is 994. The molecule has 1 aromatic heterocycles. The predicted octanol–water partition coefficient (Wildman–Crippen LogP) is 5.36. The van der Waals surface area contributed by atoms with E-state index in [4.69, 9.17) is 9.84 Å². The molecule has 0 unspecified atom stereocenters. The molecule has 1 aliphatic rings. The van der Waals surface area contributed by atoms with Crippen LogP contribution in [-0.2, 0) is 4.74 Å². The van der Waals surface area contributed by atoms with Crippen LogP contribution in [0, 0.1) is 0 Å². The van der Waals surface area contributed by atoms with E-state index < -0.39 is 5.97 Å². The van der Waals surface area contributed by atoms with E-state index >= 15 is 0 Å². The van der Waals surface area contributed by atoms with Crippen molar-refractivity contribution in [3.8, 4) is 21.1 Å². The summed E-state index contributed by atoms with van der Waals surface area (Å²) in [7, 11) is 0. The standard InChI is InChI=1S/C24H27N3O3S/c1-2-3-16-30-21-12-14-27(15-13-21)20-10-8-18(9-11-20)23-26-25-22(31-23)17-4-6-19(7-5-17)24(28)29/h4-11,21H,2-3,12-16H2,1H3,(H,28,29). The maximum atomic E-state index is 11.0. The van der Waals surface area contributed by atoms with Gasteiger partial charge in [-0.2, -0.15) is 0 Å². The van der Waals surface area contributed by atoms with Crippen LogP contribution in [0.4, 0.5) is 5.69 Å². The van der Waals surface area contributed by atoms with Gasteiger partial charge in [-0.15, -0.1) is 10.2 Å². The van der Waals surface area contributed by atoms with Crippen LogP contribution in [0.3, 0.4) is 0 Å². The average molecular weight is 438 g/mol. The molecule has 162 valence electrons. The number of carboxylic acid groups (broad SMARTS) is 1. The lowest BCUT2D eigenvalue weighted by atomic mass is 10.1. The van der Waals surface area contributed by atoms with Crippen LogP contribution in [0.25, 0.3) is 21.1 Å². The fourth-order valence-corrected chi connectivity index (χ4v) is 4.56. The third-order valence-electron chi connectivity index (χ3n) is 5.58. The fourth-order valence-electron chi connectivity index (χ4n) is 3.70. The summed E-state index contributed by atoms with van der Waals surface area (Å²) in [6.45, 7) is 5.11. The van der Waals surface area contributed by atoms with Gasteiger partial charge in [-0.3, -0.25) is 0 Å². The second-order valence-electron chi connectivity index (χ2n) is 7.75. The molecular weight excluding hydrogens is 410 g/mol. The molecule has 3 aromatic rings. The molecule has 7 heteroatoms. The molecule has 2 aromatic carbocycles. The SMILES string of the molecule is CCCCOC1CCN(c2ccc(-c3nnc(-c4ccc(C(=O)O)cc4)s3)cc2)CC1. The molecule has 0 radical (unpaired) electrons. The van der Waals surface area contributed by atoms with E-state index in [0.717, 1.165) is 60.1 Å². The summed E-state index contributed by atoms with van der Waals surface area (Å²) < 4.78 is 5.97. The molecule has 1 saturated heterocycles. The van der Waals surface area contributed by atoms with Gasteiger partial charge in [0.05, 0.1) is 11.7 Å². The highest BCUT2D eigenvalue weighted by Gasteiger charge is 2.20. The average Bonchev–Trinajstić information content (AvgIpc) is 3.30. The number of nitrogens with zero attached hydrogens (tertiary/aromatic N) is 3. The summed E-state index contributed by atoms with van der Waals surface area (Å²) in [5.41, 5.74) is 3.40. The number of carbonyl (C=O) groups is 1. The van der Waals surface area contributed by atoms with Crippen LogP contribution in [-0.4, -0.2) is 47.1 Å². The van der Waals surface area contributed by atoms with Crippen LogP contribution in [0.1, 0.15) is 43.0 Å². The highest BCUT2D eigenvalue weighted by molar-refractivity contribution is 7.17. The molecule has 0 atom stereocenters. The molecule has 0 bridgehead atoms. The Morgan fingerprint density at radius 2 is 1.61 bits per heavy atom. The molecule has 1 aliphatic heterocycles. The Balaban J connectivity index is 1.37. The van der Waals surface area contributed by atoms with Gasteiger partial charge in [-0.05, 0) is 55.7 Å². The van der Waals surface area contributed by atoms with Gasteiger partial charge in [0.1, 0.15) is 10.0 Å². The van der Waals surface area contributed by atoms with E-state index in [2.05, 4.69) is 46.3 Å². The van der Waals surface area contributed by atoms with Gasteiger partial charge < -0.3 is 14.7 Å². The lowest BCUT2D eigenvalue weighted by molar-refractivity contribution is 0.0354. The highest BCUT2D eigenvalue weighted by Crippen LogP contribution is 2.31. The third kappa shape index (κ3) is 5.29. The van der Waals surface area contributed by atoms with Gasteiger partial charge >= 0.3 is 5.97 Å². The Labute approximate surface area is 186 Å². The molecule has 31 heavy (non-hydrogen) atoms. The first-order valence-electron chi connectivity index (χ1n) is 10.8. The minimum atomic E-state index is -0.933. The first kappa shape index (κ1) is 21.5. The maximum absolute atomic E-state index is 11.0. The predicted molar refractivity (Wildman–Crippen MR) is 124 cm³/mol. The van der Waals surface area contributed by atoms with E-state index in [1.54, 1.807) is 24.3 Å². The summed E-state index contributed by atoms with van der Waals surface area (Å²) >= 11 is 1.50. The van der Waals surface area contributed by atoms with Gasteiger partial charge in [-0.25, -0.2) is 4.79 Å². The van der Waals surface area contributed by atoms with Crippen molar-refractivity contribution in [1.29, 1.82) is 0 Å². The first-order chi connectivity index (χ1) is 15.1. The van der Waals surface area contributed by atoms with Crippen molar-refractivity contribution in [2.75, 3.05) is 24.6 Å². The first-order valence-corrected chi connectivity index (χ1v) is 11.6. The summed E-state index contributed by atoms with van der Waals surface area (Å²) in [4.78, 5) is 13.4. The van der Waals surface area contributed by atoms with E-state index in [1.807, 2.05) is 0 Å². The van der Waals surface area contributed by atoms with Crippen LogP contribution in [0.5, 0.6) is 0 Å². The number of rotatable bonds is 8. The Morgan fingerprint density at radius 1 is 1.03 bits per heavy atom. The lowest BCUT2D eigenvalue weighted by Gasteiger charge is -2.33. The van der Waals surface area contributed by atoms with E-state index in [-0.39, 0.29) is 5.56 Å². The molecule has 0 saturated carbocycles. The molecule has 0 amide bonds. The molecule has 2 heterocycles. The van der Waals surface area contributed by atoms with Crippen molar-refractivity contribution in [2.45, 2.75) is 38.7 Å². The summed E-state index contributed by atoms with van der Waals surface area (Å²) in [5.74, 6) is -0.933. The van der Waals surface area contributed by atoms with Crippen LogP contribution in [0.15, 0.2) is 48.5 Å². The van der Waals surface area contributed by atoms with Crippen LogP contribution >= 0.6 is 11.3 Å². The molecule has 0 aliphatic carbocycles. The second kappa shape index (κ2) is 10.0. The van der Waals surface area contributed by atoms with Crippen molar-refractivity contribution in [1.82, 2.24) is 10.2 Å². The largest absolute Gasteiger partial charge is 0.478 e. The zero-order valence-electron chi connectivity index (χ0n) is 17.7. The number of aromatic nitrogens is 2. The van der Waals surface area contributed by atoms with Crippen molar-refractivity contribution in [3.63, 3.8) is 0 Å². The van der Waals surface area contributed by atoms with Crippen molar-refractivity contribution < 1.29 is 14.6 Å². The van der Waals surface area contributed by atoms with Gasteiger partial charge in [0, 0.05) is 36.5 Å². The molecule has 0 spiro atoms. The van der Waals surface area contributed by atoms with Crippen molar-refractivity contribution in [2.24, 2.45) is 0 Å². The fraction of sp³-hybridized carbons (Fsp3) is 0.375. The highest BCUT2D eigenvalue weighted by atomic mass is 32.1. The number of piperidine rings is 1. The Morgan fingerprint density at radius 3 is 2.16 bits per heavy atom. The molecule has 1 N–H and O–H groups in total. The van der Waals surface area contributed by atoms with Crippen molar-refractivity contribution >= 4 is 23.0 Å². The minimum Gasteiger partial charge on any atom is -0.478 e. The summed E-state index contributed by atoms with van der Waals surface area (Å²) in [6.07, 6.45) is 4.87. The topological polar surface area (TPSA) is 75.5 Å². The van der Waals surface area contributed by atoms with Crippen molar-refractivity contribution in [3.05, 3.63) is 54.1 Å². The number of benzene rings is 2. The molecular formula is C24H27N3O3S. The van der Waals surface area contributed by atoms with Crippen LogP contribution < -0.4 is 4.90 Å². The quantitative estimate of drug-likeness (QED) is 0.479. The summed E-state index contributed by atoms with van der Waals surface area (Å²) in [5, 5.41) is 19.3. The van der Waals surface area contributed by atoms with Crippen LogP contribution in [0.2, 0.25) is 0 Å². The Kier molecular flexibility index (Phi) is 6.94. The smallest absolute Gasteiger partial charge is 0.335 e. The van der Waals surface area contributed by atoms with E-state index in [1.165, 1.54) is 23.4 Å². The lowest BCUT2D eigenvalue weighted by Crippen LogP contribution is -2.37. The van der Waals surface area contributed by atoms with E-state index in [0.29, 0.717) is 6.10 Å². The number of unbranched alkanes of at least 4 members (excludes halogenated alkanes) is 1. The molecule has 4 rings (SSSR count). The monoisotopic (exact) mass is 437 g/mol. The van der Waals surface area contributed by atoms with Gasteiger partial charge in [-0.1, -0.05) is 36.8 Å². The minimum absolute atomic E-state index is 0.264. The number of hydrogen-bond donors (Lipinski definition) is 1. The van der Waals surface area contributed by atoms with Gasteiger partial charge in [0.2, 0.25) is 0 Å². The zero-order chi connectivity index (χ0) is 21.6. The number of hydrogen-bond acceptors (Lipinski definition) is 6. The normalized spacial score (nSPS) is 14.7. The zero-order valence-corrected chi connectivity index (χ0v) is 18.5. The van der Waals surface area contributed by atoms with Gasteiger partial charge in [0.15, 0.2) is 0 Å². The van der Waals surface area contributed by atoms with Gasteiger partial charge in [0.25, 0.3) is 0 Å².